The average Bonchev–Trinajstić information content (AvgIpc) is 3.31. The Morgan fingerprint density at radius 2 is 1.76 bits per heavy atom. The predicted molar refractivity (Wildman–Crippen MR) is 138 cm³/mol. The molecule has 3 heterocycles. The Bertz CT molecular complexity index is 1400. The molecule has 1 atom stereocenters. The van der Waals surface area contributed by atoms with Gasteiger partial charge in [-0.1, -0.05) is 31.2 Å². The van der Waals surface area contributed by atoms with Gasteiger partial charge in [-0.3, -0.25) is 19.4 Å². The second-order valence-electron chi connectivity index (χ2n) is 8.96. The number of likely N-dealkylation sites (tertiary alicyclic amines) is 1. The number of fused-ring (bicyclic) bond motifs is 2. The van der Waals surface area contributed by atoms with Gasteiger partial charge in [-0.15, -0.1) is 0 Å². The van der Waals surface area contributed by atoms with Gasteiger partial charge in [-0.2, -0.15) is 0 Å². The molecule has 2 aliphatic heterocycles. The zero-order valence-corrected chi connectivity index (χ0v) is 20.7. The Hall–Kier alpha value is -4.46. The van der Waals surface area contributed by atoms with Crippen molar-refractivity contribution >= 4 is 29.0 Å². The third-order valence-electron chi connectivity index (χ3n) is 6.79. The van der Waals surface area contributed by atoms with Gasteiger partial charge in [0.2, 0.25) is 0 Å². The number of aliphatic hydroxyl groups excluding tert-OH is 1. The first-order chi connectivity index (χ1) is 17.9. The molecule has 0 bridgehead atoms. The third kappa shape index (κ3) is 3.67. The van der Waals surface area contributed by atoms with Crippen molar-refractivity contribution in [2.75, 3.05) is 18.1 Å². The van der Waals surface area contributed by atoms with E-state index in [2.05, 4.69) is 4.98 Å². The van der Waals surface area contributed by atoms with Gasteiger partial charge in [0.15, 0.2) is 5.54 Å². The van der Waals surface area contributed by atoms with Crippen molar-refractivity contribution in [2.24, 2.45) is 0 Å². The van der Waals surface area contributed by atoms with Crippen LogP contribution in [0.25, 0.3) is 5.76 Å². The number of pyridine rings is 1. The summed E-state index contributed by atoms with van der Waals surface area (Å²) in [6.45, 7) is 4.68. The van der Waals surface area contributed by atoms with Gasteiger partial charge in [-0.25, -0.2) is 0 Å². The molecular formula is C29H27N3O5. The molecule has 188 valence electrons. The minimum absolute atomic E-state index is 0.0311. The number of nitrogens with zero attached hydrogens (tertiary/aromatic N) is 3. The highest BCUT2D eigenvalue weighted by Gasteiger charge is 2.66. The molecule has 1 N–H and O–H groups in total. The molecule has 1 aromatic heterocycles. The van der Waals surface area contributed by atoms with Crippen LogP contribution in [-0.4, -0.2) is 45.7 Å². The second kappa shape index (κ2) is 9.54. The molecule has 2 amide bonds. The summed E-state index contributed by atoms with van der Waals surface area (Å²) in [6, 6.07) is 17.2. The van der Waals surface area contributed by atoms with Gasteiger partial charge in [0, 0.05) is 36.6 Å². The zero-order valence-electron chi connectivity index (χ0n) is 20.7. The first-order valence-corrected chi connectivity index (χ1v) is 12.3. The first-order valence-electron chi connectivity index (χ1n) is 12.3. The molecule has 5 rings (SSSR count). The third-order valence-corrected chi connectivity index (χ3v) is 6.79. The number of Topliss-reactive ketones (excluding diaryl/α,β-unsaturated/α-hetero) is 1. The molecular weight excluding hydrogens is 470 g/mol. The fourth-order valence-electron chi connectivity index (χ4n) is 5.15. The minimum atomic E-state index is -1.81. The topological polar surface area (TPSA) is 100 Å². The summed E-state index contributed by atoms with van der Waals surface area (Å²) in [5, 5.41) is 11.5. The van der Waals surface area contributed by atoms with Crippen LogP contribution >= 0.6 is 0 Å². The number of likely N-dealkylation sites (N-methyl/N-ethyl adjacent to an activating group) is 1. The summed E-state index contributed by atoms with van der Waals surface area (Å²) < 4.78 is 5.63. The molecule has 3 aromatic rings. The van der Waals surface area contributed by atoms with Crippen LogP contribution in [0.5, 0.6) is 5.75 Å². The lowest BCUT2D eigenvalue weighted by molar-refractivity contribution is -0.144. The summed E-state index contributed by atoms with van der Waals surface area (Å²) in [5.74, 6) is -2.01. The molecule has 8 heteroatoms. The number of hydrogen-bond acceptors (Lipinski definition) is 6. The van der Waals surface area contributed by atoms with E-state index in [1.807, 2.05) is 13.8 Å². The van der Waals surface area contributed by atoms with E-state index in [1.54, 1.807) is 78.0 Å². The van der Waals surface area contributed by atoms with Crippen LogP contribution in [0.1, 0.15) is 37.0 Å². The van der Waals surface area contributed by atoms with E-state index in [1.165, 1.54) is 4.90 Å². The highest BCUT2D eigenvalue weighted by molar-refractivity contribution is 6.50. The molecule has 1 unspecified atom stereocenters. The van der Waals surface area contributed by atoms with Crippen LogP contribution in [0.15, 0.2) is 78.6 Å². The van der Waals surface area contributed by atoms with Crippen LogP contribution in [0, 0.1) is 0 Å². The minimum Gasteiger partial charge on any atom is -0.507 e. The smallest absolute Gasteiger partial charge is 0.296 e. The Labute approximate surface area is 214 Å². The van der Waals surface area contributed by atoms with Crippen molar-refractivity contribution in [3.8, 4) is 5.75 Å². The van der Waals surface area contributed by atoms with Gasteiger partial charge < -0.3 is 19.6 Å². The van der Waals surface area contributed by atoms with Gasteiger partial charge in [0.05, 0.1) is 17.9 Å². The zero-order chi connectivity index (χ0) is 26.2. The van der Waals surface area contributed by atoms with E-state index < -0.39 is 28.9 Å². The normalized spacial score (nSPS) is 20.1. The molecule has 0 saturated carbocycles. The molecule has 0 radical (unpaired) electrons. The highest BCUT2D eigenvalue weighted by atomic mass is 16.5. The van der Waals surface area contributed by atoms with Gasteiger partial charge >= 0.3 is 0 Å². The van der Waals surface area contributed by atoms with Crippen LogP contribution in [0.2, 0.25) is 0 Å². The molecule has 1 spiro atoms. The lowest BCUT2D eigenvalue weighted by Crippen LogP contribution is -2.51. The van der Waals surface area contributed by atoms with E-state index in [4.69, 9.17) is 4.74 Å². The van der Waals surface area contributed by atoms with Crippen LogP contribution in [0.4, 0.5) is 5.69 Å². The SMILES string of the molecule is CCCOc1ccc(C(O)=C2C(=O)C(=O)N(Cc3cccnc3)C23C(=O)N(CC)c2ccccc23)cc1. The van der Waals surface area contributed by atoms with E-state index in [0.29, 0.717) is 41.3 Å². The Balaban J connectivity index is 1.74. The summed E-state index contributed by atoms with van der Waals surface area (Å²) in [5.41, 5.74) is -0.00380. The van der Waals surface area contributed by atoms with E-state index in [0.717, 1.165) is 6.42 Å². The summed E-state index contributed by atoms with van der Waals surface area (Å²) >= 11 is 0. The van der Waals surface area contributed by atoms with Crippen molar-refractivity contribution in [2.45, 2.75) is 32.4 Å². The number of carbonyl (C=O) groups is 3. The number of aromatic nitrogens is 1. The maximum atomic E-state index is 14.2. The fraction of sp³-hybridized carbons (Fsp3) is 0.241. The standard InChI is InChI=1S/C29H27N3O5/c1-3-16-37-21-13-11-20(12-14-21)25(33)24-26(34)27(35)32(18-19-8-7-15-30-17-19)29(24)22-9-5-6-10-23(22)31(4-2)28(29)36/h5-15,17,33H,3-4,16,18H2,1-2H3. The number of ether oxygens (including phenoxy) is 1. The van der Waals surface area contributed by atoms with Crippen molar-refractivity contribution in [3.05, 3.63) is 95.3 Å². The molecule has 2 aliphatic rings. The summed E-state index contributed by atoms with van der Waals surface area (Å²) in [4.78, 5) is 48.3. The number of amides is 2. The predicted octanol–water partition coefficient (Wildman–Crippen LogP) is 4.01. The molecule has 8 nitrogen and oxygen atoms in total. The summed E-state index contributed by atoms with van der Waals surface area (Å²) in [7, 11) is 0. The number of benzene rings is 2. The van der Waals surface area contributed by atoms with Crippen LogP contribution < -0.4 is 9.64 Å². The number of hydrogen-bond donors (Lipinski definition) is 1. The van der Waals surface area contributed by atoms with Crippen LogP contribution in [0.3, 0.4) is 0 Å². The number of aliphatic hydroxyl groups is 1. The highest BCUT2D eigenvalue weighted by Crippen LogP contribution is 2.54. The van der Waals surface area contributed by atoms with Crippen LogP contribution in [-0.2, 0) is 26.5 Å². The molecule has 1 fully saturated rings. The Kier molecular flexibility index (Phi) is 6.25. The summed E-state index contributed by atoms with van der Waals surface area (Å²) in [6.07, 6.45) is 4.04. The number of ketones is 1. The largest absolute Gasteiger partial charge is 0.507 e. The number of para-hydroxylation sites is 1. The van der Waals surface area contributed by atoms with Crippen molar-refractivity contribution < 1.29 is 24.2 Å². The maximum absolute atomic E-state index is 14.2. The molecule has 0 aliphatic carbocycles. The maximum Gasteiger partial charge on any atom is 0.296 e. The quantitative estimate of drug-likeness (QED) is 0.301. The van der Waals surface area contributed by atoms with E-state index in [-0.39, 0.29) is 12.1 Å². The molecule has 2 aromatic carbocycles. The first kappa shape index (κ1) is 24.2. The van der Waals surface area contributed by atoms with Crippen molar-refractivity contribution in [3.63, 3.8) is 0 Å². The Morgan fingerprint density at radius 1 is 1.00 bits per heavy atom. The van der Waals surface area contributed by atoms with E-state index in [9.17, 15) is 19.5 Å². The lowest BCUT2D eigenvalue weighted by Gasteiger charge is -2.34. The average molecular weight is 498 g/mol. The number of anilines is 1. The van der Waals surface area contributed by atoms with Gasteiger partial charge in [0.25, 0.3) is 17.6 Å². The molecule has 37 heavy (non-hydrogen) atoms. The lowest BCUT2D eigenvalue weighted by atomic mass is 9.81. The number of carbonyl (C=O) groups excluding carboxylic acids is 3. The van der Waals surface area contributed by atoms with Crippen molar-refractivity contribution in [1.82, 2.24) is 9.88 Å². The Morgan fingerprint density at radius 3 is 2.43 bits per heavy atom. The fourth-order valence-corrected chi connectivity index (χ4v) is 5.15. The second-order valence-corrected chi connectivity index (χ2v) is 8.96. The van der Waals surface area contributed by atoms with E-state index >= 15 is 0 Å². The van der Waals surface area contributed by atoms with Crippen molar-refractivity contribution in [1.29, 1.82) is 0 Å². The van der Waals surface area contributed by atoms with Gasteiger partial charge in [-0.05, 0) is 55.3 Å². The number of rotatable bonds is 7. The molecule has 1 saturated heterocycles. The monoisotopic (exact) mass is 497 g/mol. The van der Waals surface area contributed by atoms with Gasteiger partial charge in [0.1, 0.15) is 11.5 Å².